The molecule has 4 heteroatoms. The van der Waals surface area contributed by atoms with Crippen LogP contribution in [0.5, 0.6) is 11.5 Å². The molecule has 0 saturated heterocycles. The van der Waals surface area contributed by atoms with Crippen LogP contribution in [0.3, 0.4) is 0 Å². The highest BCUT2D eigenvalue weighted by Crippen LogP contribution is 2.39. The van der Waals surface area contributed by atoms with Crippen LogP contribution in [-0.4, -0.2) is 19.1 Å². The Balaban J connectivity index is 2.30. The van der Waals surface area contributed by atoms with Crippen molar-refractivity contribution >= 4 is 34.0 Å². The van der Waals surface area contributed by atoms with Crippen LogP contribution in [-0.2, 0) is 0 Å². The van der Waals surface area contributed by atoms with Crippen LogP contribution in [0.15, 0.2) is 30.3 Å². The molecule has 0 amide bonds. The summed E-state index contributed by atoms with van der Waals surface area (Å²) in [7, 11) is 0. The second kappa shape index (κ2) is 8.35. The number of alkyl halides is 1. The van der Waals surface area contributed by atoms with E-state index in [0.29, 0.717) is 24.1 Å². The maximum atomic E-state index is 6.36. The average Bonchev–Trinajstić information content (AvgIpc) is 2.51. The van der Waals surface area contributed by atoms with Crippen LogP contribution in [0.25, 0.3) is 10.8 Å². The summed E-state index contributed by atoms with van der Waals surface area (Å²) in [5.41, 5.74) is 0. The van der Waals surface area contributed by atoms with E-state index in [-0.39, 0.29) is 0 Å². The summed E-state index contributed by atoms with van der Waals surface area (Å²) in [6, 6.07) is 9.77. The van der Waals surface area contributed by atoms with Crippen molar-refractivity contribution < 1.29 is 9.47 Å². The van der Waals surface area contributed by atoms with Crippen molar-refractivity contribution in [3.63, 3.8) is 0 Å². The van der Waals surface area contributed by atoms with Crippen molar-refractivity contribution in [2.45, 2.75) is 26.2 Å². The second-order valence-corrected chi connectivity index (χ2v) is 5.61. The Labute approximate surface area is 136 Å². The van der Waals surface area contributed by atoms with E-state index >= 15 is 0 Å². The SMILES string of the molecule is CCCCCOc1c(Cl)cc(OCCCl)c2ccccc12. The topological polar surface area (TPSA) is 18.5 Å². The molecule has 0 atom stereocenters. The highest BCUT2D eigenvalue weighted by Gasteiger charge is 2.12. The van der Waals surface area contributed by atoms with Gasteiger partial charge in [0.25, 0.3) is 0 Å². The summed E-state index contributed by atoms with van der Waals surface area (Å²) in [5.74, 6) is 1.93. The fraction of sp³-hybridized carbons (Fsp3) is 0.412. The minimum atomic E-state index is 0.446. The first-order valence-corrected chi connectivity index (χ1v) is 8.22. The van der Waals surface area contributed by atoms with Gasteiger partial charge in [-0.2, -0.15) is 0 Å². The van der Waals surface area contributed by atoms with Gasteiger partial charge in [0.15, 0.2) is 0 Å². The minimum absolute atomic E-state index is 0.446. The van der Waals surface area contributed by atoms with Gasteiger partial charge in [0.05, 0.1) is 17.5 Å². The van der Waals surface area contributed by atoms with Crippen molar-refractivity contribution in [2.75, 3.05) is 19.1 Å². The zero-order valence-corrected chi connectivity index (χ0v) is 13.7. The van der Waals surface area contributed by atoms with Gasteiger partial charge in [-0.1, -0.05) is 55.6 Å². The smallest absolute Gasteiger partial charge is 0.145 e. The molecule has 0 spiro atoms. The molecule has 114 valence electrons. The quantitative estimate of drug-likeness (QED) is 0.459. The van der Waals surface area contributed by atoms with Crippen LogP contribution in [0, 0.1) is 0 Å². The van der Waals surface area contributed by atoms with Crippen molar-refractivity contribution in [3.8, 4) is 11.5 Å². The number of fused-ring (bicyclic) bond motifs is 1. The lowest BCUT2D eigenvalue weighted by Crippen LogP contribution is -2.01. The van der Waals surface area contributed by atoms with E-state index in [4.69, 9.17) is 32.7 Å². The summed E-state index contributed by atoms with van der Waals surface area (Å²) >= 11 is 12.1. The minimum Gasteiger partial charge on any atom is -0.492 e. The Morgan fingerprint density at radius 2 is 1.76 bits per heavy atom. The normalized spacial score (nSPS) is 10.8. The molecule has 2 nitrogen and oxygen atoms in total. The zero-order chi connectivity index (χ0) is 15.1. The monoisotopic (exact) mass is 326 g/mol. The lowest BCUT2D eigenvalue weighted by Gasteiger charge is -2.15. The maximum Gasteiger partial charge on any atom is 0.145 e. The van der Waals surface area contributed by atoms with Crippen molar-refractivity contribution in [1.82, 2.24) is 0 Å². The number of hydrogen-bond donors (Lipinski definition) is 0. The van der Waals surface area contributed by atoms with Crippen LogP contribution in [0.2, 0.25) is 5.02 Å². The van der Waals surface area contributed by atoms with E-state index in [0.717, 1.165) is 35.1 Å². The summed E-state index contributed by atoms with van der Waals surface area (Å²) < 4.78 is 11.6. The summed E-state index contributed by atoms with van der Waals surface area (Å²) in [6.07, 6.45) is 3.36. The number of hydrogen-bond acceptors (Lipinski definition) is 2. The lowest BCUT2D eigenvalue weighted by molar-refractivity contribution is 0.308. The van der Waals surface area contributed by atoms with Gasteiger partial charge in [-0.05, 0) is 6.42 Å². The average molecular weight is 327 g/mol. The van der Waals surface area contributed by atoms with Crippen LogP contribution >= 0.6 is 23.2 Å². The molecule has 0 radical (unpaired) electrons. The largest absolute Gasteiger partial charge is 0.492 e. The Hall–Kier alpha value is -1.12. The maximum absolute atomic E-state index is 6.36. The third-order valence-corrected chi connectivity index (χ3v) is 3.68. The van der Waals surface area contributed by atoms with Crippen molar-refractivity contribution in [1.29, 1.82) is 0 Å². The van der Waals surface area contributed by atoms with Gasteiger partial charge in [0.1, 0.15) is 18.1 Å². The summed E-state index contributed by atoms with van der Waals surface area (Å²) in [6.45, 7) is 3.31. The highest BCUT2D eigenvalue weighted by molar-refractivity contribution is 6.33. The summed E-state index contributed by atoms with van der Waals surface area (Å²) in [5, 5.41) is 2.55. The first-order valence-electron chi connectivity index (χ1n) is 7.30. The van der Waals surface area contributed by atoms with Crippen molar-refractivity contribution in [2.24, 2.45) is 0 Å². The van der Waals surface area contributed by atoms with E-state index in [1.54, 1.807) is 0 Å². The molecule has 21 heavy (non-hydrogen) atoms. The molecule has 2 aromatic rings. The number of benzene rings is 2. The van der Waals surface area contributed by atoms with Gasteiger partial charge in [-0.25, -0.2) is 0 Å². The number of ether oxygens (including phenoxy) is 2. The Morgan fingerprint density at radius 1 is 1.00 bits per heavy atom. The van der Waals surface area contributed by atoms with Gasteiger partial charge >= 0.3 is 0 Å². The molecule has 0 fully saturated rings. The Kier molecular flexibility index (Phi) is 6.47. The fourth-order valence-corrected chi connectivity index (χ4v) is 2.56. The molecule has 0 bridgehead atoms. The molecule has 0 aliphatic rings. The molecular weight excluding hydrogens is 307 g/mol. The molecule has 0 saturated carbocycles. The van der Waals surface area contributed by atoms with Gasteiger partial charge < -0.3 is 9.47 Å². The van der Waals surface area contributed by atoms with Crippen LogP contribution in [0.1, 0.15) is 26.2 Å². The van der Waals surface area contributed by atoms with Gasteiger partial charge in [-0.3, -0.25) is 0 Å². The predicted octanol–water partition coefficient (Wildman–Crippen LogP) is 5.68. The Morgan fingerprint density at radius 3 is 2.48 bits per heavy atom. The Bertz CT molecular complexity index is 584. The number of unbranched alkanes of at least 4 members (excludes halogenated alkanes) is 2. The zero-order valence-electron chi connectivity index (χ0n) is 12.2. The number of halogens is 2. The molecule has 2 rings (SSSR count). The molecule has 0 aliphatic carbocycles. The van der Waals surface area contributed by atoms with Gasteiger partial charge in [0.2, 0.25) is 0 Å². The van der Waals surface area contributed by atoms with Gasteiger partial charge in [0, 0.05) is 16.8 Å². The highest BCUT2D eigenvalue weighted by atomic mass is 35.5. The summed E-state index contributed by atoms with van der Waals surface area (Å²) in [4.78, 5) is 0. The molecule has 2 aromatic carbocycles. The van der Waals surface area contributed by atoms with E-state index in [1.807, 2.05) is 30.3 Å². The molecular formula is C17H20Cl2O2. The standard InChI is InChI=1S/C17H20Cl2O2/c1-2-3-6-10-21-17-14-8-5-4-7-13(14)16(12-15(17)19)20-11-9-18/h4-5,7-8,12H,2-3,6,9-11H2,1H3. The van der Waals surface area contributed by atoms with Crippen molar-refractivity contribution in [3.05, 3.63) is 35.4 Å². The first-order chi connectivity index (χ1) is 10.3. The first kappa shape index (κ1) is 16.3. The van der Waals surface area contributed by atoms with E-state index in [1.165, 1.54) is 6.42 Å². The molecule has 0 aliphatic heterocycles. The number of rotatable bonds is 8. The fourth-order valence-electron chi connectivity index (χ4n) is 2.22. The molecule has 0 aromatic heterocycles. The molecule has 0 unspecified atom stereocenters. The van der Waals surface area contributed by atoms with E-state index < -0.39 is 0 Å². The third kappa shape index (κ3) is 4.18. The lowest BCUT2D eigenvalue weighted by atomic mass is 10.1. The van der Waals surface area contributed by atoms with Gasteiger partial charge in [-0.15, -0.1) is 11.6 Å². The van der Waals surface area contributed by atoms with Crippen LogP contribution < -0.4 is 9.47 Å². The van der Waals surface area contributed by atoms with E-state index in [9.17, 15) is 0 Å². The second-order valence-electron chi connectivity index (χ2n) is 4.82. The third-order valence-electron chi connectivity index (χ3n) is 3.24. The van der Waals surface area contributed by atoms with E-state index in [2.05, 4.69) is 6.92 Å². The predicted molar refractivity (Wildman–Crippen MR) is 90.2 cm³/mol. The molecule has 0 heterocycles. The van der Waals surface area contributed by atoms with Crippen LogP contribution in [0.4, 0.5) is 0 Å². The molecule has 0 N–H and O–H groups in total.